The highest BCUT2D eigenvalue weighted by atomic mass is 16.3. The first kappa shape index (κ1) is 16.0. The van der Waals surface area contributed by atoms with Crippen LogP contribution in [0.25, 0.3) is 0 Å². The fraction of sp³-hybridized carbons (Fsp3) is 0.684. The number of rotatable bonds is 2. The summed E-state index contributed by atoms with van der Waals surface area (Å²) in [6.45, 7) is 4.85. The van der Waals surface area contributed by atoms with Crippen LogP contribution in [0, 0.1) is 18.8 Å². The number of carbonyl (C=O) groups excluding carboxylic acids is 1. The smallest absolute Gasteiger partial charge is 0.272 e. The molecule has 1 N–H and O–H groups in total. The third-order valence-electron chi connectivity index (χ3n) is 6.31. The molecule has 0 aromatic carbocycles. The lowest BCUT2D eigenvalue weighted by Crippen LogP contribution is -2.65. The molecule has 3 aliphatic heterocycles. The number of aryl methyl sites for hydroxylation is 1. The molecule has 0 spiro atoms. The predicted octanol–water partition coefficient (Wildman–Crippen LogP) is 1.70. The molecule has 1 aromatic rings. The van der Waals surface area contributed by atoms with Crippen molar-refractivity contribution in [3.05, 3.63) is 29.6 Å². The van der Waals surface area contributed by atoms with E-state index in [9.17, 15) is 9.90 Å². The van der Waals surface area contributed by atoms with Gasteiger partial charge in [-0.3, -0.25) is 14.7 Å². The second kappa shape index (κ2) is 6.45. The highest BCUT2D eigenvalue weighted by Gasteiger charge is 2.47. The number of piperidine rings is 3. The molecule has 4 heterocycles. The molecule has 5 heteroatoms. The van der Waals surface area contributed by atoms with Crippen molar-refractivity contribution in [2.75, 3.05) is 26.2 Å². The second-order valence-corrected chi connectivity index (χ2v) is 7.69. The molecular formula is C19H27N3O2. The molecule has 130 valence electrons. The molecule has 3 aliphatic rings. The maximum atomic E-state index is 13.0. The van der Waals surface area contributed by atoms with Crippen molar-refractivity contribution in [3.63, 3.8) is 0 Å². The lowest BCUT2D eigenvalue weighted by atomic mass is 9.72. The molecule has 0 unspecified atom stereocenters. The summed E-state index contributed by atoms with van der Waals surface area (Å²) in [7, 11) is 0. The fourth-order valence-electron chi connectivity index (χ4n) is 5.18. The summed E-state index contributed by atoms with van der Waals surface area (Å²) in [5.41, 5.74) is 1.52. The van der Waals surface area contributed by atoms with Gasteiger partial charge in [0.05, 0.1) is 6.61 Å². The molecule has 4 rings (SSSR count). The molecular weight excluding hydrogens is 302 g/mol. The van der Waals surface area contributed by atoms with Gasteiger partial charge in [-0.1, -0.05) is 12.5 Å². The number of aliphatic hydroxyl groups is 1. The van der Waals surface area contributed by atoms with Crippen LogP contribution in [0.2, 0.25) is 0 Å². The first-order chi connectivity index (χ1) is 11.7. The summed E-state index contributed by atoms with van der Waals surface area (Å²) >= 11 is 0. The summed E-state index contributed by atoms with van der Waals surface area (Å²) in [6.07, 6.45) is 6.57. The third kappa shape index (κ3) is 2.64. The van der Waals surface area contributed by atoms with Gasteiger partial charge in [0, 0.05) is 31.4 Å². The van der Waals surface area contributed by atoms with E-state index in [2.05, 4.69) is 9.88 Å². The Morgan fingerprint density at radius 3 is 2.96 bits per heavy atom. The summed E-state index contributed by atoms with van der Waals surface area (Å²) in [6, 6.07) is 4.57. The molecule has 24 heavy (non-hydrogen) atoms. The maximum absolute atomic E-state index is 13.0. The quantitative estimate of drug-likeness (QED) is 0.897. The van der Waals surface area contributed by atoms with E-state index in [-0.39, 0.29) is 18.6 Å². The molecule has 1 aromatic heterocycles. The SMILES string of the molecule is Cc1cccnc1C(=O)N1C[C@H]2C[C@@H](C1)[C@H](CO)N1CCCC[C@@H]21. The summed E-state index contributed by atoms with van der Waals surface area (Å²) in [5, 5.41) is 9.97. The van der Waals surface area contributed by atoms with Gasteiger partial charge < -0.3 is 10.0 Å². The summed E-state index contributed by atoms with van der Waals surface area (Å²) < 4.78 is 0. The number of likely N-dealkylation sites (tertiary alicyclic amines) is 1. The standard InChI is InChI=1S/C19H27N3O2/c1-13-5-4-7-20-18(13)19(24)21-10-14-9-15(11-21)17(12-23)22-8-3-2-6-16(14)22/h4-5,7,14-17,23H,2-3,6,8-12H2,1H3/t14-,15+,16+,17+/m1/s1. The molecule has 4 atom stereocenters. The van der Waals surface area contributed by atoms with Crippen LogP contribution in [0.5, 0.6) is 0 Å². The second-order valence-electron chi connectivity index (χ2n) is 7.69. The number of hydrogen-bond acceptors (Lipinski definition) is 4. The van der Waals surface area contributed by atoms with Crippen molar-refractivity contribution >= 4 is 5.91 Å². The topological polar surface area (TPSA) is 56.7 Å². The van der Waals surface area contributed by atoms with E-state index in [1.807, 2.05) is 24.0 Å². The minimum absolute atomic E-state index is 0.0590. The van der Waals surface area contributed by atoms with Crippen molar-refractivity contribution in [1.29, 1.82) is 0 Å². The van der Waals surface area contributed by atoms with E-state index in [0.29, 0.717) is 23.6 Å². The van der Waals surface area contributed by atoms with Crippen LogP contribution >= 0.6 is 0 Å². The van der Waals surface area contributed by atoms with Crippen LogP contribution in [0.15, 0.2) is 18.3 Å². The van der Waals surface area contributed by atoms with Crippen molar-refractivity contribution in [3.8, 4) is 0 Å². The van der Waals surface area contributed by atoms with Gasteiger partial charge in [0.2, 0.25) is 0 Å². The summed E-state index contributed by atoms with van der Waals surface area (Å²) in [5.74, 6) is 0.986. The van der Waals surface area contributed by atoms with E-state index in [1.165, 1.54) is 19.3 Å². The van der Waals surface area contributed by atoms with Gasteiger partial charge in [0.25, 0.3) is 5.91 Å². The van der Waals surface area contributed by atoms with Gasteiger partial charge in [-0.2, -0.15) is 0 Å². The molecule has 3 fully saturated rings. The van der Waals surface area contributed by atoms with E-state index < -0.39 is 0 Å². The zero-order chi connectivity index (χ0) is 16.7. The molecule has 0 saturated carbocycles. The first-order valence-corrected chi connectivity index (χ1v) is 9.26. The molecule has 0 aliphatic carbocycles. The third-order valence-corrected chi connectivity index (χ3v) is 6.31. The van der Waals surface area contributed by atoms with Crippen molar-refractivity contribution in [2.45, 2.75) is 44.7 Å². The van der Waals surface area contributed by atoms with Crippen molar-refractivity contribution in [2.24, 2.45) is 11.8 Å². The van der Waals surface area contributed by atoms with Gasteiger partial charge in [-0.25, -0.2) is 0 Å². The van der Waals surface area contributed by atoms with E-state index >= 15 is 0 Å². The lowest BCUT2D eigenvalue weighted by molar-refractivity contribution is -0.0795. The zero-order valence-corrected chi connectivity index (χ0v) is 14.4. The predicted molar refractivity (Wildman–Crippen MR) is 91.7 cm³/mol. The number of amides is 1. The van der Waals surface area contributed by atoms with Crippen LogP contribution in [0.1, 0.15) is 41.7 Å². The van der Waals surface area contributed by atoms with E-state index in [1.54, 1.807) is 6.20 Å². The van der Waals surface area contributed by atoms with Crippen LogP contribution in [-0.2, 0) is 0 Å². The van der Waals surface area contributed by atoms with Crippen molar-refractivity contribution < 1.29 is 9.90 Å². The van der Waals surface area contributed by atoms with E-state index in [0.717, 1.165) is 31.6 Å². The summed E-state index contributed by atoms with van der Waals surface area (Å²) in [4.78, 5) is 21.9. The first-order valence-electron chi connectivity index (χ1n) is 9.26. The van der Waals surface area contributed by atoms with Crippen LogP contribution < -0.4 is 0 Å². The minimum Gasteiger partial charge on any atom is -0.395 e. The Morgan fingerprint density at radius 2 is 2.17 bits per heavy atom. The number of aromatic nitrogens is 1. The van der Waals surface area contributed by atoms with Crippen LogP contribution in [-0.4, -0.2) is 64.1 Å². The van der Waals surface area contributed by atoms with Gasteiger partial charge in [0.15, 0.2) is 0 Å². The molecule has 2 bridgehead atoms. The highest BCUT2D eigenvalue weighted by molar-refractivity contribution is 5.93. The number of carbonyl (C=O) groups is 1. The lowest BCUT2D eigenvalue weighted by Gasteiger charge is -2.56. The molecule has 0 radical (unpaired) electrons. The number of pyridine rings is 1. The Kier molecular flexibility index (Phi) is 4.31. The average molecular weight is 329 g/mol. The number of aliphatic hydroxyl groups excluding tert-OH is 1. The monoisotopic (exact) mass is 329 g/mol. The van der Waals surface area contributed by atoms with E-state index in [4.69, 9.17) is 0 Å². The average Bonchev–Trinajstić information content (AvgIpc) is 2.62. The number of fused-ring (bicyclic) bond motifs is 4. The molecule has 3 saturated heterocycles. The van der Waals surface area contributed by atoms with Crippen molar-refractivity contribution in [1.82, 2.24) is 14.8 Å². The van der Waals surface area contributed by atoms with Crippen LogP contribution in [0.3, 0.4) is 0 Å². The zero-order valence-electron chi connectivity index (χ0n) is 14.4. The Bertz CT molecular complexity index is 606. The largest absolute Gasteiger partial charge is 0.395 e. The Hall–Kier alpha value is -1.46. The fourth-order valence-corrected chi connectivity index (χ4v) is 5.18. The van der Waals surface area contributed by atoms with Gasteiger partial charge in [0.1, 0.15) is 5.69 Å². The highest BCUT2D eigenvalue weighted by Crippen LogP contribution is 2.41. The Morgan fingerprint density at radius 1 is 1.33 bits per heavy atom. The number of nitrogens with zero attached hydrogens (tertiary/aromatic N) is 3. The number of hydrogen-bond donors (Lipinski definition) is 1. The molecule has 1 amide bonds. The Balaban J connectivity index is 1.58. The van der Waals surface area contributed by atoms with Gasteiger partial charge in [-0.15, -0.1) is 0 Å². The minimum atomic E-state index is 0.0590. The van der Waals surface area contributed by atoms with Crippen LogP contribution in [0.4, 0.5) is 0 Å². The Labute approximate surface area is 143 Å². The van der Waals surface area contributed by atoms with Gasteiger partial charge in [-0.05, 0) is 56.2 Å². The van der Waals surface area contributed by atoms with Gasteiger partial charge >= 0.3 is 0 Å². The molecule has 5 nitrogen and oxygen atoms in total. The normalized spacial score (nSPS) is 33.2. The maximum Gasteiger partial charge on any atom is 0.272 e.